The van der Waals surface area contributed by atoms with Gasteiger partial charge in [0.05, 0.1) is 12.5 Å². The van der Waals surface area contributed by atoms with Gasteiger partial charge in [-0.05, 0) is 22.0 Å². The highest BCUT2D eigenvalue weighted by molar-refractivity contribution is 9.10. The summed E-state index contributed by atoms with van der Waals surface area (Å²) in [6.45, 7) is 0.298. The van der Waals surface area contributed by atoms with Crippen LogP contribution < -0.4 is 5.73 Å². The molecule has 2 aromatic rings. The van der Waals surface area contributed by atoms with Gasteiger partial charge in [-0.15, -0.1) is 10.2 Å². The summed E-state index contributed by atoms with van der Waals surface area (Å²) in [6, 6.07) is 0. The smallest absolute Gasteiger partial charge is 0.186 e. The van der Waals surface area contributed by atoms with Crippen molar-refractivity contribution in [2.24, 2.45) is 0 Å². The first-order valence-electron chi connectivity index (χ1n) is 4.63. The highest BCUT2D eigenvalue weighted by Gasteiger charge is 2.13. The molecule has 17 heavy (non-hydrogen) atoms. The SMILES string of the molecule is Nc1ncc(Br)nc1-c1nncn1C/C=C/F. The van der Waals surface area contributed by atoms with Crippen LogP contribution in [-0.4, -0.2) is 24.7 Å². The summed E-state index contributed by atoms with van der Waals surface area (Å²) < 4.78 is 14.1. The lowest BCUT2D eigenvalue weighted by Crippen LogP contribution is -2.03. The van der Waals surface area contributed by atoms with E-state index in [1.165, 1.54) is 18.6 Å². The predicted octanol–water partition coefficient (Wildman–Crippen LogP) is 1.56. The van der Waals surface area contributed by atoms with Crippen LogP contribution in [0.25, 0.3) is 11.5 Å². The van der Waals surface area contributed by atoms with Crippen molar-refractivity contribution in [1.29, 1.82) is 0 Å². The standard InChI is InChI=1S/C9H8BrFN6/c10-6-4-13-8(12)7(15-6)9-16-14-5-17(9)3-1-2-11/h1-2,4-5H,3H2,(H2,12,13)/b2-1+. The van der Waals surface area contributed by atoms with Crippen molar-refractivity contribution >= 4 is 21.7 Å². The van der Waals surface area contributed by atoms with Gasteiger partial charge in [0, 0.05) is 6.54 Å². The van der Waals surface area contributed by atoms with Gasteiger partial charge in [-0.25, -0.2) is 14.4 Å². The molecule has 0 atom stereocenters. The molecule has 6 nitrogen and oxygen atoms in total. The summed E-state index contributed by atoms with van der Waals surface area (Å²) in [5.74, 6) is 0.682. The third kappa shape index (κ3) is 2.47. The second kappa shape index (κ2) is 5.00. The minimum Gasteiger partial charge on any atom is -0.382 e. The number of rotatable bonds is 3. The number of hydrogen-bond donors (Lipinski definition) is 1. The first kappa shape index (κ1) is 11.6. The molecule has 0 bridgehead atoms. The third-order valence-electron chi connectivity index (χ3n) is 1.99. The first-order chi connectivity index (χ1) is 8.22. The lowest BCUT2D eigenvalue weighted by Gasteiger charge is -2.05. The van der Waals surface area contributed by atoms with Crippen LogP contribution in [0.3, 0.4) is 0 Å². The monoisotopic (exact) mass is 298 g/mol. The number of nitrogen functional groups attached to an aromatic ring is 1. The number of allylic oxidation sites excluding steroid dienone is 1. The van der Waals surface area contributed by atoms with Crippen molar-refractivity contribution in [3.8, 4) is 11.5 Å². The second-order valence-corrected chi connectivity index (χ2v) is 3.91. The lowest BCUT2D eigenvalue weighted by atomic mass is 10.4. The quantitative estimate of drug-likeness (QED) is 0.930. The Morgan fingerprint density at radius 2 is 2.35 bits per heavy atom. The van der Waals surface area contributed by atoms with Gasteiger partial charge in [0.25, 0.3) is 0 Å². The lowest BCUT2D eigenvalue weighted by molar-refractivity contribution is 0.703. The summed E-state index contributed by atoms with van der Waals surface area (Å²) in [4.78, 5) is 8.12. The molecule has 0 saturated heterocycles. The molecule has 0 saturated carbocycles. The minimum atomic E-state index is 0.242. The topological polar surface area (TPSA) is 82.5 Å². The van der Waals surface area contributed by atoms with Crippen LogP contribution in [0, 0.1) is 0 Å². The summed E-state index contributed by atoms with van der Waals surface area (Å²) in [5.41, 5.74) is 6.12. The largest absolute Gasteiger partial charge is 0.382 e. The maximum Gasteiger partial charge on any atom is 0.186 e. The van der Waals surface area contributed by atoms with Gasteiger partial charge < -0.3 is 10.3 Å². The van der Waals surface area contributed by atoms with E-state index in [1.54, 1.807) is 4.57 Å². The molecule has 0 spiro atoms. The molecule has 0 aromatic carbocycles. The summed E-state index contributed by atoms with van der Waals surface area (Å²) in [7, 11) is 0. The van der Waals surface area contributed by atoms with Gasteiger partial charge in [0.15, 0.2) is 17.3 Å². The van der Waals surface area contributed by atoms with E-state index in [0.717, 1.165) is 0 Å². The molecule has 2 rings (SSSR count). The van der Waals surface area contributed by atoms with Crippen molar-refractivity contribution in [3.63, 3.8) is 0 Å². The first-order valence-corrected chi connectivity index (χ1v) is 5.43. The Morgan fingerprint density at radius 1 is 1.53 bits per heavy atom. The van der Waals surface area contributed by atoms with Crippen LogP contribution in [0.15, 0.2) is 29.5 Å². The van der Waals surface area contributed by atoms with E-state index in [0.29, 0.717) is 29.0 Å². The molecule has 0 aliphatic carbocycles. The van der Waals surface area contributed by atoms with E-state index >= 15 is 0 Å². The highest BCUT2D eigenvalue weighted by atomic mass is 79.9. The van der Waals surface area contributed by atoms with Crippen molar-refractivity contribution < 1.29 is 4.39 Å². The minimum absolute atomic E-state index is 0.242. The Balaban J connectivity index is 2.45. The molecule has 0 aliphatic rings. The summed E-state index contributed by atoms with van der Waals surface area (Å²) in [6.07, 6.45) is 4.74. The number of hydrogen-bond acceptors (Lipinski definition) is 5. The second-order valence-electron chi connectivity index (χ2n) is 3.10. The third-order valence-corrected chi connectivity index (χ3v) is 2.37. The fourth-order valence-electron chi connectivity index (χ4n) is 1.27. The molecule has 2 aromatic heterocycles. The van der Waals surface area contributed by atoms with Gasteiger partial charge >= 0.3 is 0 Å². The Hall–Kier alpha value is -1.83. The molecule has 2 N–H and O–H groups in total. The van der Waals surface area contributed by atoms with Crippen molar-refractivity contribution in [2.45, 2.75) is 6.54 Å². The number of nitrogens with zero attached hydrogens (tertiary/aromatic N) is 5. The van der Waals surface area contributed by atoms with E-state index in [1.807, 2.05) is 0 Å². The van der Waals surface area contributed by atoms with Crippen molar-refractivity contribution in [1.82, 2.24) is 24.7 Å². The molecule has 0 unspecified atom stereocenters. The average Bonchev–Trinajstić information content (AvgIpc) is 2.77. The van der Waals surface area contributed by atoms with Gasteiger partial charge in [-0.2, -0.15) is 0 Å². The van der Waals surface area contributed by atoms with Crippen LogP contribution >= 0.6 is 15.9 Å². The van der Waals surface area contributed by atoms with Crippen LogP contribution in [0.5, 0.6) is 0 Å². The molecule has 0 radical (unpaired) electrons. The number of anilines is 1. The zero-order valence-corrected chi connectivity index (χ0v) is 10.2. The number of halogens is 2. The molecular formula is C9H8BrFN6. The maximum atomic E-state index is 12.0. The van der Waals surface area contributed by atoms with E-state index in [9.17, 15) is 4.39 Å². The highest BCUT2D eigenvalue weighted by Crippen LogP contribution is 2.21. The fraction of sp³-hybridized carbons (Fsp3) is 0.111. The maximum absolute atomic E-state index is 12.0. The van der Waals surface area contributed by atoms with Crippen LogP contribution in [0.1, 0.15) is 0 Å². The molecule has 0 amide bonds. The summed E-state index contributed by atoms with van der Waals surface area (Å²) in [5, 5.41) is 7.63. The van der Waals surface area contributed by atoms with Gasteiger partial charge in [-0.3, -0.25) is 0 Å². The predicted molar refractivity (Wildman–Crippen MR) is 63.4 cm³/mol. The molecule has 2 heterocycles. The Kier molecular flexibility index (Phi) is 3.43. The molecule has 8 heteroatoms. The Labute approximate surface area is 105 Å². The van der Waals surface area contributed by atoms with Crippen LogP contribution in [0.2, 0.25) is 0 Å². The van der Waals surface area contributed by atoms with Crippen molar-refractivity contribution in [3.05, 3.63) is 29.5 Å². The fourth-order valence-corrected chi connectivity index (χ4v) is 1.55. The van der Waals surface area contributed by atoms with Gasteiger partial charge in [-0.1, -0.05) is 0 Å². The van der Waals surface area contributed by atoms with Crippen molar-refractivity contribution in [2.75, 3.05) is 5.73 Å². The number of aromatic nitrogens is 5. The molecule has 0 fully saturated rings. The normalized spacial score (nSPS) is 11.2. The zero-order valence-electron chi connectivity index (χ0n) is 8.59. The van der Waals surface area contributed by atoms with E-state index in [4.69, 9.17) is 5.73 Å². The molecular weight excluding hydrogens is 291 g/mol. The van der Waals surface area contributed by atoms with Gasteiger partial charge in [0.1, 0.15) is 10.9 Å². The molecule has 0 aliphatic heterocycles. The van der Waals surface area contributed by atoms with E-state index in [2.05, 4.69) is 36.1 Å². The van der Waals surface area contributed by atoms with E-state index in [-0.39, 0.29) is 5.82 Å². The van der Waals surface area contributed by atoms with Crippen LogP contribution in [-0.2, 0) is 6.54 Å². The van der Waals surface area contributed by atoms with E-state index < -0.39 is 0 Å². The summed E-state index contributed by atoms with van der Waals surface area (Å²) >= 11 is 3.20. The average molecular weight is 299 g/mol. The zero-order chi connectivity index (χ0) is 12.3. The number of nitrogens with two attached hydrogens (primary N) is 1. The molecule has 88 valence electrons. The van der Waals surface area contributed by atoms with Gasteiger partial charge in [0.2, 0.25) is 0 Å². The Bertz CT molecular complexity index is 552. The van der Waals surface area contributed by atoms with Crippen LogP contribution in [0.4, 0.5) is 10.2 Å². The Morgan fingerprint density at radius 3 is 3.12 bits per heavy atom.